The monoisotopic (exact) mass is 404 g/mol. The van der Waals surface area contributed by atoms with Crippen molar-refractivity contribution in [1.82, 2.24) is 9.80 Å². The van der Waals surface area contributed by atoms with Gasteiger partial charge in [-0.2, -0.15) is 0 Å². The second-order valence-corrected chi connectivity index (χ2v) is 8.59. The number of anilines is 2. The number of likely N-dealkylation sites (N-methyl/N-ethyl adjacent to an activating group) is 1. The van der Waals surface area contributed by atoms with Crippen LogP contribution in [0.3, 0.4) is 0 Å². The number of hydrogen-bond donors (Lipinski definition) is 1. The SMILES string of the molecule is CN(C)C1(C(N)=O)CCN(CCCN2c3ccccc3C=Cc3ccccc32)CC1. The fourth-order valence-corrected chi connectivity index (χ4v) is 4.81. The molecule has 2 aliphatic heterocycles. The van der Waals surface area contributed by atoms with E-state index in [9.17, 15) is 4.79 Å². The van der Waals surface area contributed by atoms with Crippen molar-refractivity contribution in [2.75, 3.05) is 45.2 Å². The van der Waals surface area contributed by atoms with E-state index >= 15 is 0 Å². The standard InChI is InChI=1S/C25H32N4O/c1-27(2)25(24(26)30)14-18-28(19-15-25)16-7-17-29-22-10-5-3-8-20(22)12-13-21-9-4-6-11-23(21)29/h3-6,8-13H,7,14-19H2,1-2H3,(H2,26,30). The Kier molecular flexibility index (Phi) is 5.93. The van der Waals surface area contributed by atoms with Gasteiger partial charge in [-0.25, -0.2) is 0 Å². The van der Waals surface area contributed by atoms with Gasteiger partial charge in [0.05, 0.1) is 0 Å². The van der Waals surface area contributed by atoms with Crippen molar-refractivity contribution in [3.05, 3.63) is 59.7 Å². The molecule has 0 aromatic heterocycles. The van der Waals surface area contributed by atoms with Crippen molar-refractivity contribution in [3.8, 4) is 0 Å². The fraction of sp³-hybridized carbons (Fsp3) is 0.400. The summed E-state index contributed by atoms with van der Waals surface area (Å²) in [6.45, 7) is 3.81. The van der Waals surface area contributed by atoms with Crippen LogP contribution < -0.4 is 10.6 Å². The van der Waals surface area contributed by atoms with Gasteiger partial charge >= 0.3 is 0 Å². The van der Waals surface area contributed by atoms with E-state index in [1.54, 1.807) is 0 Å². The van der Waals surface area contributed by atoms with Crippen molar-refractivity contribution >= 4 is 29.4 Å². The number of hydrogen-bond acceptors (Lipinski definition) is 4. The summed E-state index contributed by atoms with van der Waals surface area (Å²) in [6, 6.07) is 17.2. The van der Waals surface area contributed by atoms with Crippen LogP contribution in [0, 0.1) is 0 Å². The van der Waals surface area contributed by atoms with Gasteiger partial charge in [0, 0.05) is 31.0 Å². The first-order valence-electron chi connectivity index (χ1n) is 10.8. The Labute approximate surface area is 179 Å². The number of benzene rings is 2. The highest BCUT2D eigenvalue weighted by atomic mass is 16.1. The second-order valence-electron chi connectivity index (χ2n) is 8.59. The molecule has 2 aromatic rings. The number of para-hydroxylation sites is 2. The van der Waals surface area contributed by atoms with E-state index in [4.69, 9.17) is 5.73 Å². The summed E-state index contributed by atoms with van der Waals surface area (Å²) in [6.07, 6.45) is 7.09. The number of primary amides is 1. The van der Waals surface area contributed by atoms with Crippen molar-refractivity contribution in [2.45, 2.75) is 24.8 Å². The van der Waals surface area contributed by atoms with Gasteiger partial charge in [-0.15, -0.1) is 0 Å². The van der Waals surface area contributed by atoms with Crippen LogP contribution in [0.15, 0.2) is 48.5 Å². The third-order valence-corrected chi connectivity index (χ3v) is 6.75. The van der Waals surface area contributed by atoms with Crippen LogP contribution >= 0.6 is 0 Å². The van der Waals surface area contributed by atoms with Crippen molar-refractivity contribution < 1.29 is 4.79 Å². The summed E-state index contributed by atoms with van der Waals surface area (Å²) >= 11 is 0. The van der Waals surface area contributed by atoms with Gasteiger partial charge in [0.25, 0.3) is 0 Å². The van der Waals surface area contributed by atoms with E-state index in [-0.39, 0.29) is 5.91 Å². The molecule has 0 saturated carbocycles. The van der Waals surface area contributed by atoms with E-state index in [0.717, 1.165) is 45.4 Å². The number of rotatable bonds is 6. The molecule has 5 nitrogen and oxygen atoms in total. The molecule has 0 aliphatic carbocycles. The molecule has 5 heteroatoms. The fourth-order valence-electron chi connectivity index (χ4n) is 4.81. The molecule has 4 rings (SSSR count). The van der Waals surface area contributed by atoms with Gasteiger partial charge in [0.1, 0.15) is 5.54 Å². The second kappa shape index (κ2) is 8.62. The number of piperidine rings is 1. The molecular weight excluding hydrogens is 372 g/mol. The van der Waals surface area contributed by atoms with Crippen LogP contribution in [0.5, 0.6) is 0 Å². The van der Waals surface area contributed by atoms with E-state index in [1.807, 2.05) is 19.0 Å². The first-order chi connectivity index (χ1) is 14.5. The zero-order chi connectivity index (χ0) is 21.1. The Morgan fingerprint density at radius 3 is 1.97 bits per heavy atom. The average molecular weight is 405 g/mol. The average Bonchev–Trinajstić information content (AvgIpc) is 2.91. The highest BCUT2D eigenvalue weighted by molar-refractivity contribution is 5.88. The van der Waals surface area contributed by atoms with E-state index in [2.05, 4.69) is 70.5 Å². The minimum absolute atomic E-state index is 0.197. The van der Waals surface area contributed by atoms with Gasteiger partial charge in [-0.05, 0) is 63.2 Å². The molecule has 2 heterocycles. The first kappa shape index (κ1) is 20.6. The number of carbonyl (C=O) groups is 1. The van der Waals surface area contributed by atoms with Crippen LogP contribution in [0.2, 0.25) is 0 Å². The molecule has 0 unspecified atom stereocenters. The third kappa shape index (κ3) is 3.87. The molecule has 0 radical (unpaired) electrons. The highest BCUT2D eigenvalue weighted by Gasteiger charge is 2.41. The lowest BCUT2D eigenvalue weighted by molar-refractivity contribution is -0.131. The van der Waals surface area contributed by atoms with E-state index in [1.165, 1.54) is 22.5 Å². The van der Waals surface area contributed by atoms with Crippen LogP contribution in [-0.4, -0.2) is 61.5 Å². The maximum Gasteiger partial charge on any atom is 0.238 e. The summed E-state index contributed by atoms with van der Waals surface area (Å²) in [4.78, 5) is 19.0. The minimum atomic E-state index is -0.495. The topological polar surface area (TPSA) is 52.8 Å². The normalized spacial score (nSPS) is 18.0. The molecule has 1 amide bonds. The van der Waals surface area contributed by atoms with E-state index < -0.39 is 5.54 Å². The van der Waals surface area contributed by atoms with Crippen LogP contribution in [0.1, 0.15) is 30.4 Å². The molecule has 0 bridgehead atoms. The molecule has 0 spiro atoms. The van der Waals surface area contributed by atoms with Gasteiger partial charge in [0.15, 0.2) is 0 Å². The van der Waals surface area contributed by atoms with Gasteiger partial charge in [-0.1, -0.05) is 48.6 Å². The number of likely N-dealkylation sites (tertiary alicyclic amines) is 1. The molecule has 30 heavy (non-hydrogen) atoms. The van der Waals surface area contributed by atoms with Gasteiger partial charge in [0.2, 0.25) is 5.91 Å². The third-order valence-electron chi connectivity index (χ3n) is 6.75. The lowest BCUT2D eigenvalue weighted by Crippen LogP contribution is -2.60. The smallest absolute Gasteiger partial charge is 0.238 e. The largest absolute Gasteiger partial charge is 0.368 e. The Balaban J connectivity index is 1.43. The predicted octanol–water partition coefficient (Wildman–Crippen LogP) is 3.58. The lowest BCUT2D eigenvalue weighted by atomic mass is 9.85. The Morgan fingerprint density at radius 2 is 1.47 bits per heavy atom. The summed E-state index contributed by atoms with van der Waals surface area (Å²) < 4.78 is 0. The number of fused-ring (bicyclic) bond motifs is 2. The molecular formula is C25H32N4O. The number of nitrogens with two attached hydrogens (primary N) is 1. The van der Waals surface area contributed by atoms with Crippen molar-refractivity contribution in [2.24, 2.45) is 5.73 Å². The maximum atomic E-state index is 12.1. The Morgan fingerprint density at radius 1 is 0.933 bits per heavy atom. The van der Waals surface area contributed by atoms with E-state index in [0.29, 0.717) is 0 Å². The molecule has 2 aromatic carbocycles. The highest BCUT2D eigenvalue weighted by Crippen LogP contribution is 2.36. The molecule has 1 saturated heterocycles. The number of amides is 1. The van der Waals surface area contributed by atoms with Gasteiger partial charge in [-0.3, -0.25) is 9.69 Å². The quantitative estimate of drug-likeness (QED) is 0.800. The van der Waals surface area contributed by atoms with Crippen LogP contribution in [-0.2, 0) is 4.79 Å². The summed E-state index contributed by atoms with van der Waals surface area (Å²) in [5.41, 5.74) is 10.3. The zero-order valence-electron chi connectivity index (χ0n) is 18.1. The van der Waals surface area contributed by atoms with Crippen molar-refractivity contribution in [1.29, 1.82) is 0 Å². The summed E-state index contributed by atoms with van der Waals surface area (Å²) in [5, 5.41) is 0. The molecule has 158 valence electrons. The Bertz CT molecular complexity index is 879. The first-order valence-corrected chi connectivity index (χ1v) is 10.8. The number of carbonyl (C=O) groups excluding carboxylic acids is 1. The summed E-state index contributed by atoms with van der Waals surface area (Å²) in [7, 11) is 3.92. The maximum absolute atomic E-state index is 12.1. The zero-order valence-corrected chi connectivity index (χ0v) is 18.1. The van der Waals surface area contributed by atoms with Gasteiger partial charge < -0.3 is 15.5 Å². The molecule has 2 aliphatic rings. The van der Waals surface area contributed by atoms with Crippen LogP contribution in [0.4, 0.5) is 11.4 Å². The Hall–Kier alpha value is -2.63. The predicted molar refractivity (Wildman–Crippen MR) is 125 cm³/mol. The van der Waals surface area contributed by atoms with Crippen molar-refractivity contribution in [3.63, 3.8) is 0 Å². The molecule has 0 atom stereocenters. The number of nitrogens with zero attached hydrogens (tertiary/aromatic N) is 3. The molecule has 2 N–H and O–H groups in total. The van der Waals surface area contributed by atoms with Crippen LogP contribution in [0.25, 0.3) is 12.2 Å². The lowest BCUT2D eigenvalue weighted by Gasteiger charge is -2.43. The summed E-state index contributed by atoms with van der Waals surface area (Å²) in [5.74, 6) is -0.197. The molecule has 1 fully saturated rings. The minimum Gasteiger partial charge on any atom is -0.368 e.